The number of ether oxygens (including phenoxy) is 2. The second-order valence-corrected chi connectivity index (χ2v) is 3.17. The lowest BCUT2D eigenvalue weighted by atomic mass is 10.3. The molecule has 0 rings (SSSR count). The first-order valence-electron chi connectivity index (χ1n) is 4.77. The van der Waals surface area contributed by atoms with Crippen LogP contribution in [-0.2, 0) is 19.1 Å². The van der Waals surface area contributed by atoms with Crippen LogP contribution < -0.4 is 0 Å². The third-order valence-electron chi connectivity index (χ3n) is 1.58. The van der Waals surface area contributed by atoms with Crippen molar-refractivity contribution in [3.63, 3.8) is 0 Å². The van der Waals surface area contributed by atoms with E-state index in [2.05, 4.69) is 11.3 Å². The quantitative estimate of drug-likeness (QED) is 0.271. The van der Waals surface area contributed by atoms with E-state index in [1.165, 1.54) is 6.92 Å². The first-order valence-corrected chi connectivity index (χ1v) is 4.77. The number of aliphatic hydroxyl groups excluding tert-OH is 1. The maximum absolute atomic E-state index is 10.9. The van der Waals surface area contributed by atoms with E-state index in [1.54, 1.807) is 0 Å². The predicted molar refractivity (Wildman–Crippen MR) is 54.6 cm³/mol. The summed E-state index contributed by atoms with van der Waals surface area (Å²) in [7, 11) is 0. The maximum atomic E-state index is 10.9. The number of hydrogen-bond donors (Lipinski definition) is 2. The van der Waals surface area contributed by atoms with Gasteiger partial charge in [0, 0.05) is 12.0 Å². The largest absolute Gasteiger partial charge is 0.481 e. The van der Waals surface area contributed by atoms with Gasteiger partial charge in [-0.25, -0.2) is 4.79 Å². The number of esters is 1. The van der Waals surface area contributed by atoms with Crippen molar-refractivity contribution in [2.75, 3.05) is 13.2 Å². The molecule has 0 aliphatic carbocycles. The second kappa shape index (κ2) is 7.84. The number of hydrogen-bond acceptors (Lipinski definition) is 5. The van der Waals surface area contributed by atoms with E-state index in [4.69, 9.17) is 14.9 Å². The van der Waals surface area contributed by atoms with Crippen LogP contribution in [0.5, 0.6) is 0 Å². The van der Waals surface area contributed by atoms with Gasteiger partial charge in [0.05, 0.1) is 13.0 Å². The van der Waals surface area contributed by atoms with Gasteiger partial charge in [0.1, 0.15) is 6.61 Å². The van der Waals surface area contributed by atoms with E-state index >= 15 is 0 Å². The Morgan fingerprint density at radius 2 is 2.00 bits per heavy atom. The number of carboxylic acid groups (broad SMARTS) is 1. The average molecular weight is 232 g/mol. The molecular weight excluding hydrogens is 216 g/mol. The van der Waals surface area contributed by atoms with Crippen LogP contribution in [0.15, 0.2) is 12.2 Å². The van der Waals surface area contributed by atoms with Crippen molar-refractivity contribution in [1.29, 1.82) is 0 Å². The normalized spacial score (nSPS) is 11.9. The van der Waals surface area contributed by atoms with Gasteiger partial charge in [-0.05, 0) is 6.92 Å². The number of carbonyl (C=O) groups excluding carboxylic acids is 1. The molecule has 92 valence electrons. The lowest BCUT2D eigenvalue weighted by molar-refractivity contribution is -0.150. The number of aliphatic carboxylic acids is 1. The summed E-state index contributed by atoms with van der Waals surface area (Å²) in [6, 6.07) is 0. The van der Waals surface area contributed by atoms with Crippen molar-refractivity contribution < 1.29 is 29.3 Å². The van der Waals surface area contributed by atoms with E-state index in [0.29, 0.717) is 0 Å². The third-order valence-corrected chi connectivity index (χ3v) is 1.58. The highest BCUT2D eigenvalue weighted by Crippen LogP contribution is 1.99. The number of rotatable bonds is 8. The van der Waals surface area contributed by atoms with Crippen LogP contribution in [0, 0.1) is 0 Å². The Morgan fingerprint density at radius 3 is 2.50 bits per heavy atom. The molecule has 0 amide bonds. The summed E-state index contributed by atoms with van der Waals surface area (Å²) in [5.41, 5.74) is 0.284. The zero-order chi connectivity index (χ0) is 12.6. The highest BCUT2D eigenvalue weighted by atomic mass is 16.6. The van der Waals surface area contributed by atoms with Crippen LogP contribution in [0.3, 0.4) is 0 Å². The SMILES string of the molecule is C=C(C)C(=O)OCCOC(O)CCC(=O)O. The molecule has 0 aromatic rings. The van der Waals surface area contributed by atoms with Gasteiger partial charge in [-0.2, -0.15) is 0 Å². The van der Waals surface area contributed by atoms with Gasteiger partial charge in [-0.1, -0.05) is 6.58 Å². The Labute approximate surface area is 93.5 Å². The van der Waals surface area contributed by atoms with E-state index in [1.807, 2.05) is 0 Å². The molecule has 0 fully saturated rings. The summed E-state index contributed by atoms with van der Waals surface area (Å²) in [6.07, 6.45) is -1.32. The summed E-state index contributed by atoms with van der Waals surface area (Å²) in [5.74, 6) is -1.53. The van der Waals surface area contributed by atoms with Crippen molar-refractivity contribution in [2.24, 2.45) is 0 Å². The third kappa shape index (κ3) is 7.95. The van der Waals surface area contributed by atoms with Crippen LogP contribution in [-0.4, -0.2) is 41.7 Å². The molecule has 16 heavy (non-hydrogen) atoms. The van der Waals surface area contributed by atoms with E-state index < -0.39 is 18.2 Å². The lowest BCUT2D eigenvalue weighted by Crippen LogP contribution is -2.18. The standard InChI is InChI=1S/C10H16O6/c1-7(2)10(14)16-6-5-15-9(13)4-3-8(11)12/h9,13H,1,3-6H2,2H3,(H,11,12). The molecule has 0 aliphatic heterocycles. The fraction of sp³-hybridized carbons (Fsp3) is 0.600. The Balaban J connectivity index is 3.47. The summed E-state index contributed by atoms with van der Waals surface area (Å²) in [6.45, 7) is 4.92. The highest BCUT2D eigenvalue weighted by molar-refractivity contribution is 5.86. The molecule has 6 heteroatoms. The van der Waals surface area contributed by atoms with Gasteiger partial charge in [0.25, 0.3) is 0 Å². The molecule has 0 aliphatic rings. The molecule has 0 heterocycles. The molecule has 0 radical (unpaired) electrons. The Bertz CT molecular complexity index is 260. The smallest absolute Gasteiger partial charge is 0.333 e. The Kier molecular flexibility index (Phi) is 7.15. The molecule has 0 saturated carbocycles. The van der Waals surface area contributed by atoms with Crippen molar-refractivity contribution >= 4 is 11.9 Å². The minimum Gasteiger partial charge on any atom is -0.481 e. The van der Waals surface area contributed by atoms with Gasteiger partial charge >= 0.3 is 11.9 Å². The topological polar surface area (TPSA) is 93.1 Å². The van der Waals surface area contributed by atoms with Crippen LogP contribution in [0.1, 0.15) is 19.8 Å². The van der Waals surface area contributed by atoms with Crippen LogP contribution in [0.2, 0.25) is 0 Å². The van der Waals surface area contributed by atoms with E-state index in [-0.39, 0.29) is 31.6 Å². The highest BCUT2D eigenvalue weighted by Gasteiger charge is 2.08. The van der Waals surface area contributed by atoms with Crippen LogP contribution in [0.25, 0.3) is 0 Å². The summed E-state index contributed by atoms with van der Waals surface area (Å²) < 4.78 is 9.50. The first-order chi connectivity index (χ1) is 7.43. The molecular formula is C10H16O6. The lowest BCUT2D eigenvalue weighted by Gasteiger charge is -2.10. The molecule has 1 atom stereocenters. The summed E-state index contributed by atoms with van der Waals surface area (Å²) in [4.78, 5) is 21.0. The van der Waals surface area contributed by atoms with Gasteiger partial charge in [-0.15, -0.1) is 0 Å². The van der Waals surface area contributed by atoms with Crippen LogP contribution in [0.4, 0.5) is 0 Å². The summed E-state index contributed by atoms with van der Waals surface area (Å²) in [5, 5.41) is 17.5. The molecule has 0 aromatic heterocycles. The number of carbonyl (C=O) groups is 2. The van der Waals surface area contributed by atoms with Gasteiger partial charge < -0.3 is 19.7 Å². The zero-order valence-corrected chi connectivity index (χ0v) is 9.14. The fourth-order valence-corrected chi connectivity index (χ4v) is 0.772. The molecule has 0 saturated heterocycles. The molecule has 0 bridgehead atoms. The minimum atomic E-state index is -1.15. The molecule has 6 nitrogen and oxygen atoms in total. The van der Waals surface area contributed by atoms with E-state index in [9.17, 15) is 9.59 Å². The Morgan fingerprint density at radius 1 is 1.38 bits per heavy atom. The van der Waals surface area contributed by atoms with Crippen molar-refractivity contribution in [2.45, 2.75) is 26.1 Å². The number of carboxylic acids is 1. The first kappa shape index (κ1) is 14.6. The van der Waals surface area contributed by atoms with Crippen molar-refractivity contribution in [1.82, 2.24) is 0 Å². The zero-order valence-electron chi connectivity index (χ0n) is 9.14. The fourth-order valence-electron chi connectivity index (χ4n) is 0.772. The van der Waals surface area contributed by atoms with E-state index in [0.717, 1.165) is 0 Å². The molecule has 1 unspecified atom stereocenters. The molecule has 2 N–H and O–H groups in total. The predicted octanol–water partition coefficient (Wildman–Crippen LogP) is 0.305. The monoisotopic (exact) mass is 232 g/mol. The Hall–Kier alpha value is -1.40. The van der Waals surface area contributed by atoms with Gasteiger partial charge in [0.15, 0.2) is 6.29 Å². The van der Waals surface area contributed by atoms with Crippen molar-refractivity contribution in [3.05, 3.63) is 12.2 Å². The molecule has 0 spiro atoms. The number of aliphatic hydroxyl groups is 1. The van der Waals surface area contributed by atoms with Crippen LogP contribution >= 0.6 is 0 Å². The van der Waals surface area contributed by atoms with Gasteiger partial charge in [0.2, 0.25) is 0 Å². The second-order valence-electron chi connectivity index (χ2n) is 3.17. The maximum Gasteiger partial charge on any atom is 0.333 e. The minimum absolute atomic E-state index is 0.00374. The molecule has 0 aromatic carbocycles. The average Bonchev–Trinajstić information content (AvgIpc) is 2.20. The summed E-state index contributed by atoms with van der Waals surface area (Å²) >= 11 is 0. The van der Waals surface area contributed by atoms with Crippen molar-refractivity contribution in [3.8, 4) is 0 Å². The van der Waals surface area contributed by atoms with Gasteiger partial charge in [-0.3, -0.25) is 4.79 Å².